The zero-order valence-corrected chi connectivity index (χ0v) is 11.9. The summed E-state index contributed by atoms with van der Waals surface area (Å²) in [6.07, 6.45) is 1.76. The summed E-state index contributed by atoms with van der Waals surface area (Å²) in [5, 5.41) is 3.24. The number of pyridine rings is 1. The molecule has 0 amide bonds. The lowest BCUT2D eigenvalue weighted by atomic mass is 10.3. The molecular formula is C16H20N2O2. The molecule has 0 fully saturated rings. The lowest BCUT2D eigenvalue weighted by Crippen LogP contribution is -2.12. The molecule has 0 aliphatic heterocycles. The van der Waals surface area contributed by atoms with Gasteiger partial charge in [-0.2, -0.15) is 0 Å². The van der Waals surface area contributed by atoms with Gasteiger partial charge in [-0.1, -0.05) is 13.0 Å². The highest BCUT2D eigenvalue weighted by Crippen LogP contribution is 2.25. The van der Waals surface area contributed by atoms with Crippen molar-refractivity contribution in [3.8, 4) is 17.2 Å². The average Bonchev–Trinajstić information content (AvgIpc) is 2.46. The summed E-state index contributed by atoms with van der Waals surface area (Å²) >= 11 is 0. The number of ether oxygens (including phenoxy) is 2. The first-order valence-electron chi connectivity index (χ1n) is 6.88. The van der Waals surface area contributed by atoms with Gasteiger partial charge in [-0.3, -0.25) is 4.98 Å². The second-order valence-corrected chi connectivity index (χ2v) is 4.27. The van der Waals surface area contributed by atoms with E-state index in [1.54, 1.807) is 6.20 Å². The Morgan fingerprint density at radius 2 is 1.85 bits per heavy atom. The molecule has 0 unspecified atom stereocenters. The van der Waals surface area contributed by atoms with Crippen molar-refractivity contribution in [2.75, 3.05) is 13.2 Å². The maximum Gasteiger partial charge on any atom is 0.131 e. The number of nitrogens with zero attached hydrogens (tertiary/aromatic N) is 1. The molecule has 20 heavy (non-hydrogen) atoms. The van der Waals surface area contributed by atoms with E-state index in [1.807, 2.05) is 43.3 Å². The summed E-state index contributed by atoms with van der Waals surface area (Å²) in [5.41, 5.74) is 0.963. The van der Waals surface area contributed by atoms with E-state index in [4.69, 9.17) is 9.47 Å². The van der Waals surface area contributed by atoms with E-state index >= 15 is 0 Å². The predicted molar refractivity (Wildman–Crippen MR) is 79.3 cm³/mol. The summed E-state index contributed by atoms with van der Waals surface area (Å²) in [5.74, 6) is 2.35. The Hall–Kier alpha value is -2.07. The highest BCUT2D eigenvalue weighted by Gasteiger charge is 2.01. The third kappa shape index (κ3) is 4.24. The smallest absolute Gasteiger partial charge is 0.131 e. The van der Waals surface area contributed by atoms with Crippen LogP contribution < -0.4 is 14.8 Å². The standard InChI is InChI=1S/C16H20N2O2/c1-3-17-12-13-10-16(8-9-18-13)20-15-7-5-6-14(11-15)19-4-2/h5-11,17H,3-4,12H2,1-2H3. The molecule has 0 aliphatic rings. The second kappa shape index (κ2) is 7.50. The molecule has 0 saturated heterocycles. The fraction of sp³-hybridized carbons (Fsp3) is 0.312. The number of hydrogen-bond donors (Lipinski definition) is 1. The summed E-state index contributed by atoms with van der Waals surface area (Å²) < 4.78 is 11.3. The van der Waals surface area contributed by atoms with Gasteiger partial charge in [0, 0.05) is 24.9 Å². The fourth-order valence-corrected chi connectivity index (χ4v) is 1.80. The van der Waals surface area contributed by atoms with Crippen LogP contribution in [-0.2, 0) is 6.54 Å². The summed E-state index contributed by atoms with van der Waals surface area (Å²) in [7, 11) is 0. The Morgan fingerprint density at radius 3 is 2.65 bits per heavy atom. The highest BCUT2D eigenvalue weighted by molar-refractivity contribution is 5.36. The van der Waals surface area contributed by atoms with Gasteiger partial charge in [0.2, 0.25) is 0 Å². The van der Waals surface area contributed by atoms with Crippen LogP contribution in [0.3, 0.4) is 0 Å². The van der Waals surface area contributed by atoms with Gasteiger partial charge in [0.25, 0.3) is 0 Å². The van der Waals surface area contributed by atoms with Crippen molar-refractivity contribution < 1.29 is 9.47 Å². The second-order valence-electron chi connectivity index (χ2n) is 4.27. The Kier molecular flexibility index (Phi) is 5.38. The lowest BCUT2D eigenvalue weighted by molar-refractivity contribution is 0.338. The summed E-state index contributed by atoms with van der Waals surface area (Å²) in [4.78, 5) is 4.30. The van der Waals surface area contributed by atoms with Crippen LogP contribution in [0.1, 0.15) is 19.5 Å². The number of rotatable bonds is 7. The van der Waals surface area contributed by atoms with Gasteiger partial charge in [0.1, 0.15) is 17.2 Å². The van der Waals surface area contributed by atoms with Crippen LogP contribution in [0.25, 0.3) is 0 Å². The van der Waals surface area contributed by atoms with Gasteiger partial charge in [0.15, 0.2) is 0 Å². The van der Waals surface area contributed by atoms with Gasteiger partial charge in [-0.25, -0.2) is 0 Å². The zero-order valence-electron chi connectivity index (χ0n) is 11.9. The predicted octanol–water partition coefficient (Wildman–Crippen LogP) is 3.38. The van der Waals surface area contributed by atoms with Crippen LogP contribution in [0.2, 0.25) is 0 Å². The minimum absolute atomic E-state index is 0.644. The molecule has 2 aromatic rings. The number of nitrogens with one attached hydrogen (secondary N) is 1. The van der Waals surface area contributed by atoms with Crippen molar-refractivity contribution in [1.82, 2.24) is 10.3 Å². The minimum Gasteiger partial charge on any atom is -0.494 e. The Bertz CT molecular complexity index is 544. The topological polar surface area (TPSA) is 43.4 Å². The van der Waals surface area contributed by atoms with E-state index in [9.17, 15) is 0 Å². The Morgan fingerprint density at radius 1 is 1.05 bits per heavy atom. The SMILES string of the molecule is CCNCc1cc(Oc2cccc(OCC)c2)ccn1. The first kappa shape index (κ1) is 14.3. The number of benzene rings is 1. The molecule has 0 radical (unpaired) electrons. The number of hydrogen-bond acceptors (Lipinski definition) is 4. The Balaban J connectivity index is 2.07. The van der Waals surface area contributed by atoms with Crippen LogP contribution in [0.4, 0.5) is 0 Å². The molecule has 1 N–H and O–H groups in total. The molecule has 0 saturated carbocycles. The third-order valence-corrected chi connectivity index (χ3v) is 2.70. The van der Waals surface area contributed by atoms with Gasteiger partial charge in [0.05, 0.1) is 12.3 Å². The maximum atomic E-state index is 5.84. The largest absolute Gasteiger partial charge is 0.494 e. The molecule has 0 bridgehead atoms. The summed E-state index contributed by atoms with van der Waals surface area (Å²) in [6.45, 7) is 6.34. The van der Waals surface area contributed by atoms with Crippen molar-refractivity contribution >= 4 is 0 Å². The van der Waals surface area contributed by atoms with Gasteiger partial charge in [-0.15, -0.1) is 0 Å². The molecular weight excluding hydrogens is 252 g/mol. The van der Waals surface area contributed by atoms with Crippen molar-refractivity contribution in [3.63, 3.8) is 0 Å². The van der Waals surface area contributed by atoms with E-state index < -0.39 is 0 Å². The first-order valence-corrected chi connectivity index (χ1v) is 6.88. The normalized spacial score (nSPS) is 10.3. The van der Waals surface area contributed by atoms with Gasteiger partial charge >= 0.3 is 0 Å². The van der Waals surface area contributed by atoms with Crippen molar-refractivity contribution in [3.05, 3.63) is 48.3 Å². The molecule has 0 aliphatic carbocycles. The van der Waals surface area contributed by atoms with Crippen molar-refractivity contribution in [2.45, 2.75) is 20.4 Å². The van der Waals surface area contributed by atoms with Crippen LogP contribution in [0, 0.1) is 0 Å². The first-order chi connectivity index (χ1) is 9.81. The number of aromatic nitrogens is 1. The van der Waals surface area contributed by atoms with E-state index in [-0.39, 0.29) is 0 Å². The molecule has 106 valence electrons. The maximum absolute atomic E-state index is 5.84. The molecule has 0 atom stereocenters. The van der Waals surface area contributed by atoms with Gasteiger partial charge < -0.3 is 14.8 Å². The third-order valence-electron chi connectivity index (χ3n) is 2.70. The average molecular weight is 272 g/mol. The molecule has 1 heterocycles. The van der Waals surface area contributed by atoms with Crippen molar-refractivity contribution in [1.29, 1.82) is 0 Å². The van der Waals surface area contributed by atoms with E-state index in [0.717, 1.165) is 36.0 Å². The van der Waals surface area contributed by atoms with Crippen LogP contribution in [0.5, 0.6) is 17.2 Å². The molecule has 0 spiro atoms. The van der Waals surface area contributed by atoms with E-state index in [1.165, 1.54) is 0 Å². The lowest BCUT2D eigenvalue weighted by Gasteiger charge is -2.09. The quantitative estimate of drug-likeness (QED) is 0.839. The molecule has 4 nitrogen and oxygen atoms in total. The van der Waals surface area contributed by atoms with Crippen molar-refractivity contribution in [2.24, 2.45) is 0 Å². The summed E-state index contributed by atoms with van der Waals surface area (Å²) in [6, 6.07) is 11.4. The van der Waals surface area contributed by atoms with Gasteiger partial charge in [-0.05, 0) is 31.7 Å². The van der Waals surface area contributed by atoms with E-state index in [0.29, 0.717) is 6.61 Å². The highest BCUT2D eigenvalue weighted by atomic mass is 16.5. The molecule has 2 rings (SSSR count). The van der Waals surface area contributed by atoms with Crippen LogP contribution in [-0.4, -0.2) is 18.1 Å². The van der Waals surface area contributed by atoms with Crippen LogP contribution in [0.15, 0.2) is 42.6 Å². The minimum atomic E-state index is 0.644. The molecule has 1 aromatic heterocycles. The zero-order chi connectivity index (χ0) is 14.2. The fourth-order valence-electron chi connectivity index (χ4n) is 1.80. The van der Waals surface area contributed by atoms with E-state index in [2.05, 4.69) is 17.2 Å². The van der Waals surface area contributed by atoms with Crippen LogP contribution >= 0.6 is 0 Å². The monoisotopic (exact) mass is 272 g/mol. The molecule has 1 aromatic carbocycles. The molecule has 4 heteroatoms. The Labute approximate surface area is 119 Å².